The van der Waals surface area contributed by atoms with E-state index >= 15 is 0 Å². The zero-order chi connectivity index (χ0) is 33.1. The van der Waals surface area contributed by atoms with E-state index in [0.29, 0.717) is 67.6 Å². The van der Waals surface area contributed by atoms with E-state index in [2.05, 4.69) is 16.4 Å². The lowest BCUT2D eigenvalue weighted by Crippen LogP contribution is -2.51. The number of nitrogens with zero attached hydrogens (tertiary/aromatic N) is 3. The molecule has 47 heavy (non-hydrogen) atoms. The van der Waals surface area contributed by atoms with Gasteiger partial charge in [0.1, 0.15) is 34.5 Å². The molecule has 2 amide bonds. The summed E-state index contributed by atoms with van der Waals surface area (Å²) in [6.07, 6.45) is 3.28. The molecule has 2 aliphatic heterocycles. The number of anilines is 1. The molecule has 1 N–H and O–H groups in total. The minimum atomic E-state index is -0.571. The topological polar surface area (TPSA) is 116 Å². The summed E-state index contributed by atoms with van der Waals surface area (Å²) >= 11 is 0. The van der Waals surface area contributed by atoms with Crippen LogP contribution in [0.3, 0.4) is 0 Å². The van der Waals surface area contributed by atoms with Gasteiger partial charge in [-0.05, 0) is 56.7 Å². The molecular weight excluding hydrogens is 600 g/mol. The molecule has 4 heterocycles. The SMILES string of the molecule is CNc1cc(-c2ccnc3cc(-c4ccc(C(=O)N5CCN(C(=O)OC(C)(C)C)CC5)c(OC)c4)oc23)ccc1OC1CCOCC1. The fraction of sp³-hybridized carbons (Fsp3) is 0.417. The molecule has 2 saturated heterocycles. The van der Waals surface area contributed by atoms with Crippen LogP contribution in [0.2, 0.25) is 0 Å². The second-order valence-electron chi connectivity index (χ2n) is 12.7. The second-order valence-corrected chi connectivity index (χ2v) is 12.7. The molecule has 2 aromatic heterocycles. The van der Waals surface area contributed by atoms with E-state index in [9.17, 15) is 9.59 Å². The van der Waals surface area contributed by atoms with E-state index in [4.69, 9.17) is 23.4 Å². The van der Waals surface area contributed by atoms with Crippen molar-refractivity contribution in [3.63, 3.8) is 0 Å². The molecule has 2 aliphatic rings. The van der Waals surface area contributed by atoms with Gasteiger partial charge in [-0.2, -0.15) is 0 Å². The number of carbonyl (C=O) groups is 2. The number of rotatable bonds is 7. The molecule has 4 aromatic rings. The van der Waals surface area contributed by atoms with Gasteiger partial charge in [0.05, 0.1) is 31.6 Å². The van der Waals surface area contributed by atoms with Gasteiger partial charge in [-0.1, -0.05) is 12.1 Å². The van der Waals surface area contributed by atoms with Crippen molar-refractivity contribution in [1.82, 2.24) is 14.8 Å². The van der Waals surface area contributed by atoms with Crippen molar-refractivity contribution in [2.75, 3.05) is 58.9 Å². The van der Waals surface area contributed by atoms with Crippen molar-refractivity contribution in [3.05, 3.63) is 60.3 Å². The highest BCUT2D eigenvalue weighted by atomic mass is 16.6. The molecule has 11 nitrogen and oxygen atoms in total. The van der Waals surface area contributed by atoms with Gasteiger partial charge in [-0.25, -0.2) is 4.79 Å². The first-order valence-electron chi connectivity index (χ1n) is 16.0. The minimum Gasteiger partial charge on any atom is -0.496 e. The zero-order valence-electron chi connectivity index (χ0n) is 27.6. The fourth-order valence-corrected chi connectivity index (χ4v) is 5.89. The molecule has 0 unspecified atom stereocenters. The van der Waals surface area contributed by atoms with Gasteiger partial charge in [0, 0.05) is 69.5 Å². The molecule has 11 heteroatoms. The molecule has 0 aliphatic carbocycles. The summed E-state index contributed by atoms with van der Waals surface area (Å²) in [6, 6.07) is 15.3. The number of pyridine rings is 1. The normalized spacial score (nSPS) is 15.9. The number of aromatic nitrogens is 1. The predicted molar refractivity (Wildman–Crippen MR) is 179 cm³/mol. The van der Waals surface area contributed by atoms with Crippen LogP contribution in [0.4, 0.5) is 10.5 Å². The van der Waals surface area contributed by atoms with Gasteiger partial charge in [-0.3, -0.25) is 9.78 Å². The van der Waals surface area contributed by atoms with Gasteiger partial charge < -0.3 is 38.5 Å². The zero-order valence-corrected chi connectivity index (χ0v) is 27.6. The van der Waals surface area contributed by atoms with E-state index in [1.807, 2.05) is 64.2 Å². The number of furan rings is 1. The lowest BCUT2D eigenvalue weighted by Gasteiger charge is -2.35. The van der Waals surface area contributed by atoms with E-state index in [1.54, 1.807) is 29.2 Å². The van der Waals surface area contributed by atoms with E-state index < -0.39 is 5.60 Å². The summed E-state index contributed by atoms with van der Waals surface area (Å²) < 4.78 is 29.3. The average molecular weight is 643 g/mol. The Hall–Kier alpha value is -4.77. The lowest BCUT2D eigenvalue weighted by molar-refractivity contribution is 0.0140. The Morgan fingerprint density at radius 3 is 2.34 bits per heavy atom. The monoisotopic (exact) mass is 642 g/mol. The van der Waals surface area contributed by atoms with Gasteiger partial charge in [-0.15, -0.1) is 0 Å². The minimum absolute atomic E-state index is 0.134. The summed E-state index contributed by atoms with van der Waals surface area (Å²) in [7, 11) is 3.43. The van der Waals surface area contributed by atoms with Crippen molar-refractivity contribution in [3.8, 4) is 33.9 Å². The maximum absolute atomic E-state index is 13.5. The number of piperazine rings is 1. The van der Waals surface area contributed by atoms with E-state index in [0.717, 1.165) is 41.0 Å². The third-order valence-corrected chi connectivity index (χ3v) is 8.37. The first-order valence-corrected chi connectivity index (χ1v) is 16.0. The van der Waals surface area contributed by atoms with Crippen LogP contribution in [-0.4, -0.2) is 92.0 Å². The average Bonchev–Trinajstić information content (AvgIpc) is 3.52. The van der Waals surface area contributed by atoms with Crippen molar-refractivity contribution >= 4 is 28.8 Å². The third-order valence-electron chi connectivity index (χ3n) is 8.37. The van der Waals surface area contributed by atoms with Crippen LogP contribution in [0.1, 0.15) is 44.0 Å². The lowest BCUT2D eigenvalue weighted by atomic mass is 10.0. The summed E-state index contributed by atoms with van der Waals surface area (Å²) in [6.45, 7) is 8.55. The number of hydrogen-bond donors (Lipinski definition) is 1. The Balaban J connectivity index is 1.20. The van der Waals surface area contributed by atoms with Crippen LogP contribution in [-0.2, 0) is 9.47 Å². The molecule has 0 radical (unpaired) electrons. The van der Waals surface area contributed by atoms with Crippen LogP contribution in [0.5, 0.6) is 11.5 Å². The highest BCUT2D eigenvalue weighted by Gasteiger charge is 2.29. The van der Waals surface area contributed by atoms with Crippen molar-refractivity contribution in [2.45, 2.75) is 45.3 Å². The molecule has 2 aromatic carbocycles. The maximum Gasteiger partial charge on any atom is 0.410 e. The standard InChI is InChI=1S/C36H42N4O7/c1-36(2,3)47-35(42)40-16-14-39(15-17-40)34(41)27-8-6-24(21-32(27)43-5)31-22-29-33(46-31)26(10-13-38-29)23-7-9-30(28(20-23)37-4)45-25-11-18-44-19-12-25/h6-10,13,20-22,25,37H,11-12,14-19H2,1-5H3. The number of methoxy groups -OCH3 is 1. The third kappa shape index (κ3) is 7.15. The largest absolute Gasteiger partial charge is 0.496 e. The predicted octanol–water partition coefficient (Wildman–Crippen LogP) is 6.46. The number of fused-ring (bicyclic) bond motifs is 1. The van der Waals surface area contributed by atoms with E-state index in [-0.39, 0.29) is 18.1 Å². The number of ether oxygens (including phenoxy) is 4. The molecule has 248 valence electrons. The highest BCUT2D eigenvalue weighted by Crippen LogP contribution is 2.38. The molecule has 0 saturated carbocycles. The Kier molecular flexibility index (Phi) is 9.26. The highest BCUT2D eigenvalue weighted by molar-refractivity contribution is 5.98. The van der Waals surface area contributed by atoms with Crippen LogP contribution in [0.25, 0.3) is 33.6 Å². The quantitative estimate of drug-likeness (QED) is 0.242. The molecule has 6 rings (SSSR count). The molecule has 0 atom stereocenters. The van der Waals surface area contributed by atoms with Crippen LogP contribution in [0, 0.1) is 0 Å². The van der Waals surface area contributed by atoms with Crippen LogP contribution in [0.15, 0.2) is 59.1 Å². The summed E-state index contributed by atoms with van der Waals surface area (Å²) in [5.41, 5.74) is 4.76. The number of benzene rings is 2. The Labute approximate surface area is 274 Å². The summed E-state index contributed by atoms with van der Waals surface area (Å²) in [5.74, 6) is 1.70. The van der Waals surface area contributed by atoms with Gasteiger partial charge in [0.2, 0.25) is 0 Å². The van der Waals surface area contributed by atoms with Gasteiger partial charge in [0.25, 0.3) is 5.91 Å². The number of nitrogens with one attached hydrogen (secondary N) is 1. The van der Waals surface area contributed by atoms with Crippen molar-refractivity contribution in [2.24, 2.45) is 0 Å². The second kappa shape index (κ2) is 13.5. The smallest absolute Gasteiger partial charge is 0.410 e. The van der Waals surface area contributed by atoms with Crippen LogP contribution < -0.4 is 14.8 Å². The Morgan fingerprint density at radius 2 is 1.64 bits per heavy atom. The van der Waals surface area contributed by atoms with Crippen molar-refractivity contribution < 1.29 is 33.0 Å². The van der Waals surface area contributed by atoms with E-state index in [1.165, 1.54) is 0 Å². The molecule has 0 spiro atoms. The van der Waals surface area contributed by atoms with Gasteiger partial charge >= 0.3 is 6.09 Å². The maximum atomic E-state index is 13.5. The molecular formula is C36H42N4O7. The van der Waals surface area contributed by atoms with Crippen LogP contribution >= 0.6 is 0 Å². The number of carbonyl (C=O) groups excluding carboxylic acids is 2. The van der Waals surface area contributed by atoms with Crippen molar-refractivity contribution in [1.29, 1.82) is 0 Å². The first kappa shape index (κ1) is 32.2. The molecule has 0 bridgehead atoms. The number of amides is 2. The fourth-order valence-electron chi connectivity index (χ4n) is 5.89. The van der Waals surface area contributed by atoms with Gasteiger partial charge in [0.15, 0.2) is 5.58 Å². The summed E-state index contributed by atoms with van der Waals surface area (Å²) in [4.78, 5) is 33.9. The Morgan fingerprint density at radius 1 is 0.915 bits per heavy atom. The first-order chi connectivity index (χ1) is 22.6. The summed E-state index contributed by atoms with van der Waals surface area (Å²) in [5, 5.41) is 3.27. The Bertz CT molecular complexity index is 1750. The number of hydrogen-bond acceptors (Lipinski definition) is 9. The molecule has 2 fully saturated rings.